The Labute approximate surface area is 202 Å². The van der Waals surface area contributed by atoms with Gasteiger partial charge in [0.1, 0.15) is 23.5 Å². The molecular weight excluding hydrogens is 448 g/mol. The van der Waals surface area contributed by atoms with Gasteiger partial charge in [0.15, 0.2) is 0 Å². The fourth-order valence-electron chi connectivity index (χ4n) is 4.28. The number of benzene rings is 3. The van der Waals surface area contributed by atoms with Crippen molar-refractivity contribution in [1.82, 2.24) is 15.1 Å². The van der Waals surface area contributed by atoms with Crippen molar-refractivity contribution in [1.29, 1.82) is 0 Å². The number of aromatic nitrogens is 2. The van der Waals surface area contributed by atoms with Crippen LogP contribution in [0.3, 0.4) is 0 Å². The molecule has 1 aromatic heterocycles. The molecule has 1 aliphatic rings. The first-order valence-corrected chi connectivity index (χ1v) is 11.7. The number of fused-ring (bicyclic) bond motifs is 1. The minimum absolute atomic E-state index is 0.00870. The molecule has 0 spiro atoms. The molecule has 180 valence electrons. The van der Waals surface area contributed by atoms with Crippen molar-refractivity contribution in [2.24, 2.45) is 5.41 Å². The number of hydrogen-bond donors (Lipinski definition) is 1. The van der Waals surface area contributed by atoms with Crippen LogP contribution in [0.1, 0.15) is 43.9 Å². The summed E-state index contributed by atoms with van der Waals surface area (Å²) in [7, 11) is 0. The third kappa shape index (κ3) is 4.63. The van der Waals surface area contributed by atoms with Gasteiger partial charge in [0.05, 0.1) is 23.4 Å². The molecule has 5 nitrogen and oxygen atoms in total. The van der Waals surface area contributed by atoms with Crippen LogP contribution in [-0.2, 0) is 4.79 Å². The number of halogens is 2. The zero-order chi connectivity index (χ0) is 24.7. The van der Waals surface area contributed by atoms with Gasteiger partial charge in [-0.25, -0.2) is 13.5 Å². The summed E-state index contributed by atoms with van der Waals surface area (Å²) in [6.45, 7) is 5.70. The van der Waals surface area contributed by atoms with E-state index in [4.69, 9.17) is 4.74 Å². The maximum absolute atomic E-state index is 13.8. The fraction of sp³-hybridized carbons (Fsp3) is 0.286. The topological polar surface area (TPSA) is 56.1 Å². The van der Waals surface area contributed by atoms with Crippen LogP contribution in [0, 0.1) is 24.0 Å². The molecule has 1 amide bonds. The van der Waals surface area contributed by atoms with Crippen molar-refractivity contribution in [2.75, 3.05) is 0 Å². The Morgan fingerprint density at radius 3 is 2.46 bits per heavy atom. The first-order valence-electron chi connectivity index (χ1n) is 11.7. The molecule has 1 aliphatic carbocycles. The van der Waals surface area contributed by atoms with Crippen LogP contribution in [0.4, 0.5) is 8.78 Å². The maximum Gasteiger partial charge on any atom is 0.226 e. The Hall–Kier alpha value is -3.74. The van der Waals surface area contributed by atoms with Gasteiger partial charge in [-0.1, -0.05) is 13.0 Å². The lowest BCUT2D eigenvalue weighted by molar-refractivity contribution is -0.127. The van der Waals surface area contributed by atoms with E-state index >= 15 is 0 Å². The van der Waals surface area contributed by atoms with Crippen LogP contribution in [0.15, 0.2) is 66.9 Å². The summed E-state index contributed by atoms with van der Waals surface area (Å²) >= 11 is 0. The highest BCUT2D eigenvalue weighted by Crippen LogP contribution is 2.45. The van der Waals surface area contributed by atoms with Crippen molar-refractivity contribution in [3.05, 3.63) is 89.6 Å². The van der Waals surface area contributed by atoms with Crippen molar-refractivity contribution < 1.29 is 18.3 Å². The number of nitrogens with zero attached hydrogens (tertiary/aromatic N) is 2. The van der Waals surface area contributed by atoms with Crippen LogP contribution in [-0.4, -0.2) is 21.7 Å². The number of amides is 1. The first-order chi connectivity index (χ1) is 16.7. The molecule has 1 N–H and O–H groups in total. The van der Waals surface area contributed by atoms with E-state index in [-0.39, 0.29) is 29.0 Å². The molecule has 5 rings (SSSR count). The van der Waals surface area contributed by atoms with Gasteiger partial charge in [-0.05, 0) is 92.4 Å². The number of carbonyl (C=O) groups is 1. The van der Waals surface area contributed by atoms with Crippen LogP contribution < -0.4 is 10.1 Å². The van der Waals surface area contributed by atoms with Gasteiger partial charge in [-0.15, -0.1) is 0 Å². The summed E-state index contributed by atoms with van der Waals surface area (Å²) in [6, 6.07) is 16.0. The summed E-state index contributed by atoms with van der Waals surface area (Å²) in [5.41, 5.74) is 2.84. The lowest BCUT2D eigenvalue weighted by Gasteiger charge is -2.28. The number of aryl methyl sites for hydroxylation is 1. The van der Waals surface area contributed by atoms with Crippen LogP contribution in [0.5, 0.6) is 5.75 Å². The number of rotatable bonds is 7. The minimum Gasteiger partial charge on any atom is -0.484 e. The normalized spacial score (nSPS) is 16.0. The first kappa shape index (κ1) is 23.0. The van der Waals surface area contributed by atoms with Gasteiger partial charge < -0.3 is 10.1 Å². The van der Waals surface area contributed by atoms with Gasteiger partial charge in [-0.2, -0.15) is 5.10 Å². The van der Waals surface area contributed by atoms with E-state index in [0.717, 1.165) is 40.6 Å². The summed E-state index contributed by atoms with van der Waals surface area (Å²) in [4.78, 5) is 12.7. The Morgan fingerprint density at radius 2 is 1.77 bits per heavy atom. The van der Waals surface area contributed by atoms with Gasteiger partial charge >= 0.3 is 0 Å². The lowest BCUT2D eigenvalue weighted by Crippen LogP contribution is -2.42. The molecule has 1 saturated carbocycles. The van der Waals surface area contributed by atoms with Gasteiger partial charge in [0, 0.05) is 10.8 Å². The van der Waals surface area contributed by atoms with E-state index in [2.05, 4.69) is 10.4 Å². The molecule has 1 unspecified atom stereocenters. The third-order valence-corrected chi connectivity index (χ3v) is 6.77. The molecule has 0 aliphatic heterocycles. The maximum atomic E-state index is 13.8. The zero-order valence-corrected chi connectivity index (χ0v) is 19.9. The van der Waals surface area contributed by atoms with E-state index in [1.807, 2.05) is 39.0 Å². The molecule has 1 heterocycles. The van der Waals surface area contributed by atoms with Crippen LogP contribution >= 0.6 is 0 Å². The quantitative estimate of drug-likeness (QED) is 0.355. The molecule has 3 aromatic carbocycles. The van der Waals surface area contributed by atoms with Gasteiger partial charge in [0.25, 0.3) is 0 Å². The molecule has 1 fully saturated rings. The molecule has 7 heteroatoms. The number of carbonyl (C=O) groups excluding carboxylic acids is 1. The fourth-order valence-corrected chi connectivity index (χ4v) is 4.28. The molecule has 0 bridgehead atoms. The Bertz CT molecular complexity index is 1390. The Kier molecular flexibility index (Phi) is 5.79. The van der Waals surface area contributed by atoms with Crippen molar-refractivity contribution in [2.45, 2.75) is 45.8 Å². The van der Waals surface area contributed by atoms with Gasteiger partial charge in [0.2, 0.25) is 5.91 Å². The van der Waals surface area contributed by atoms with Crippen molar-refractivity contribution in [3.63, 3.8) is 0 Å². The highest BCUT2D eigenvalue weighted by Gasteiger charge is 2.45. The summed E-state index contributed by atoms with van der Waals surface area (Å²) in [5.74, 6) is -0.0141. The molecule has 2 atom stereocenters. The lowest BCUT2D eigenvalue weighted by atomic mass is 9.97. The standard InChI is InChI=1S/C28H27F2N3O2/c1-17-14-21(30)6-10-24(17)26(18(2)32-27(34)28(3)12-13-28)35-23-9-11-25-19(15-23)16-31-33(25)22-7-4-20(29)5-8-22/h4-11,14-16,18,26H,12-13H2,1-3H3,(H,32,34)/t18-,26?/m0/s1. The summed E-state index contributed by atoms with van der Waals surface area (Å²) < 4.78 is 35.3. The molecule has 0 saturated heterocycles. The summed E-state index contributed by atoms with van der Waals surface area (Å²) in [6.07, 6.45) is 2.96. The van der Waals surface area contributed by atoms with Crippen LogP contribution in [0.25, 0.3) is 16.6 Å². The zero-order valence-electron chi connectivity index (χ0n) is 19.9. The average molecular weight is 476 g/mol. The Balaban J connectivity index is 1.45. The smallest absolute Gasteiger partial charge is 0.226 e. The minimum atomic E-state index is -0.522. The highest BCUT2D eigenvalue weighted by molar-refractivity contribution is 5.85. The largest absolute Gasteiger partial charge is 0.484 e. The third-order valence-electron chi connectivity index (χ3n) is 6.77. The summed E-state index contributed by atoms with van der Waals surface area (Å²) in [5, 5.41) is 8.40. The molecule has 0 radical (unpaired) electrons. The van der Waals surface area contributed by atoms with E-state index in [1.54, 1.807) is 29.1 Å². The van der Waals surface area contributed by atoms with Crippen molar-refractivity contribution in [3.8, 4) is 11.4 Å². The second-order valence-electron chi connectivity index (χ2n) is 9.62. The molecular formula is C28H27F2N3O2. The van der Waals surface area contributed by atoms with Crippen LogP contribution in [0.2, 0.25) is 0 Å². The second kappa shape index (κ2) is 8.80. The van der Waals surface area contributed by atoms with Gasteiger partial charge in [-0.3, -0.25) is 4.79 Å². The molecule has 35 heavy (non-hydrogen) atoms. The highest BCUT2D eigenvalue weighted by atomic mass is 19.1. The number of ether oxygens (including phenoxy) is 1. The monoisotopic (exact) mass is 475 g/mol. The Morgan fingerprint density at radius 1 is 1.06 bits per heavy atom. The SMILES string of the molecule is Cc1cc(F)ccc1C(Oc1ccc2c(cnn2-c2ccc(F)cc2)c1)[C@H](C)NC(=O)C1(C)CC1. The van der Waals surface area contributed by atoms with E-state index < -0.39 is 6.10 Å². The van der Waals surface area contributed by atoms with E-state index in [0.29, 0.717) is 5.75 Å². The predicted molar refractivity (Wildman–Crippen MR) is 130 cm³/mol. The molecule has 4 aromatic rings. The van der Waals surface area contributed by atoms with E-state index in [9.17, 15) is 13.6 Å². The predicted octanol–water partition coefficient (Wildman–Crippen LogP) is 6.04. The second-order valence-corrected chi connectivity index (χ2v) is 9.62. The number of nitrogens with one attached hydrogen (secondary N) is 1. The van der Waals surface area contributed by atoms with E-state index in [1.165, 1.54) is 24.3 Å². The average Bonchev–Trinajstić information content (AvgIpc) is 3.45. The van der Waals surface area contributed by atoms with Crippen molar-refractivity contribution >= 4 is 16.8 Å². The number of hydrogen-bond acceptors (Lipinski definition) is 3.